The highest BCUT2D eigenvalue weighted by atomic mass is 16.5. The van der Waals surface area contributed by atoms with Gasteiger partial charge in [0.1, 0.15) is 0 Å². The summed E-state index contributed by atoms with van der Waals surface area (Å²) in [6.45, 7) is 6.00. The van der Waals surface area contributed by atoms with Gasteiger partial charge < -0.3 is 4.74 Å². The van der Waals surface area contributed by atoms with E-state index in [1.807, 2.05) is 20.8 Å². The SMILES string of the molecule is CC.CCc1cnnc(NC(=O)OC)c1. The number of ether oxygens (including phenoxy) is 1. The molecule has 0 spiro atoms. The van der Waals surface area contributed by atoms with Crippen LogP contribution in [0.1, 0.15) is 26.3 Å². The number of aromatic nitrogens is 2. The van der Waals surface area contributed by atoms with Crippen LogP contribution in [-0.2, 0) is 11.2 Å². The molecule has 0 aliphatic rings. The summed E-state index contributed by atoms with van der Waals surface area (Å²) in [6, 6.07) is 1.75. The average molecular weight is 211 g/mol. The fourth-order valence-corrected chi connectivity index (χ4v) is 0.817. The third-order valence-electron chi connectivity index (χ3n) is 1.53. The molecule has 1 amide bonds. The zero-order valence-corrected chi connectivity index (χ0v) is 9.57. The summed E-state index contributed by atoms with van der Waals surface area (Å²) in [7, 11) is 1.30. The van der Waals surface area contributed by atoms with Crippen LogP contribution in [0.5, 0.6) is 0 Å². The Hall–Kier alpha value is -1.65. The molecule has 0 atom stereocenters. The summed E-state index contributed by atoms with van der Waals surface area (Å²) in [5.74, 6) is 0.409. The van der Waals surface area contributed by atoms with Crippen molar-refractivity contribution in [3.8, 4) is 0 Å². The van der Waals surface area contributed by atoms with Crippen LogP contribution in [0.3, 0.4) is 0 Å². The monoisotopic (exact) mass is 211 g/mol. The molecule has 1 aromatic heterocycles. The van der Waals surface area contributed by atoms with Crippen LogP contribution in [0.4, 0.5) is 10.6 Å². The predicted octanol–water partition coefficient (Wildman–Crippen LogP) is 2.24. The summed E-state index contributed by atoms with van der Waals surface area (Å²) in [5, 5.41) is 9.87. The largest absolute Gasteiger partial charge is 0.453 e. The number of nitrogens with one attached hydrogen (secondary N) is 1. The van der Waals surface area contributed by atoms with Crippen molar-refractivity contribution in [2.75, 3.05) is 12.4 Å². The van der Waals surface area contributed by atoms with Gasteiger partial charge in [-0.05, 0) is 18.1 Å². The first kappa shape index (κ1) is 13.4. The lowest BCUT2D eigenvalue weighted by molar-refractivity contribution is 0.187. The molecule has 0 bridgehead atoms. The molecule has 0 radical (unpaired) electrons. The van der Waals surface area contributed by atoms with Crippen molar-refractivity contribution in [2.45, 2.75) is 27.2 Å². The first-order chi connectivity index (χ1) is 7.26. The van der Waals surface area contributed by atoms with Crippen LogP contribution >= 0.6 is 0 Å². The molecule has 0 saturated heterocycles. The molecular weight excluding hydrogens is 194 g/mol. The van der Waals surface area contributed by atoms with E-state index in [1.54, 1.807) is 12.3 Å². The van der Waals surface area contributed by atoms with E-state index < -0.39 is 6.09 Å². The first-order valence-corrected chi connectivity index (χ1v) is 4.92. The second-order valence-corrected chi connectivity index (χ2v) is 2.42. The highest BCUT2D eigenvalue weighted by molar-refractivity contribution is 5.83. The zero-order valence-electron chi connectivity index (χ0n) is 9.57. The van der Waals surface area contributed by atoms with E-state index in [-0.39, 0.29) is 0 Å². The van der Waals surface area contributed by atoms with Crippen molar-refractivity contribution in [1.29, 1.82) is 0 Å². The normalized spacial score (nSPS) is 8.53. The van der Waals surface area contributed by atoms with Crippen molar-refractivity contribution in [3.63, 3.8) is 0 Å². The predicted molar refractivity (Wildman–Crippen MR) is 58.8 cm³/mol. The van der Waals surface area contributed by atoms with Crippen LogP contribution in [0.25, 0.3) is 0 Å². The number of rotatable bonds is 2. The van der Waals surface area contributed by atoms with E-state index in [9.17, 15) is 4.79 Å². The number of amides is 1. The van der Waals surface area contributed by atoms with Crippen molar-refractivity contribution < 1.29 is 9.53 Å². The molecule has 1 aromatic rings. The summed E-state index contributed by atoms with van der Waals surface area (Å²) in [4.78, 5) is 10.8. The van der Waals surface area contributed by atoms with Gasteiger partial charge >= 0.3 is 6.09 Å². The highest BCUT2D eigenvalue weighted by Gasteiger charge is 2.02. The molecule has 0 fully saturated rings. The summed E-state index contributed by atoms with van der Waals surface area (Å²) in [6.07, 6.45) is 1.97. The van der Waals surface area contributed by atoms with Gasteiger partial charge in [-0.15, -0.1) is 5.10 Å². The average Bonchev–Trinajstić information content (AvgIpc) is 2.31. The molecule has 0 aliphatic heterocycles. The molecule has 0 aromatic carbocycles. The second kappa shape index (κ2) is 7.73. The number of aryl methyl sites for hydroxylation is 1. The minimum Gasteiger partial charge on any atom is -0.453 e. The van der Waals surface area contributed by atoms with Gasteiger partial charge in [0.25, 0.3) is 0 Å². The fraction of sp³-hybridized carbons (Fsp3) is 0.500. The number of hydrogen-bond acceptors (Lipinski definition) is 4. The fourth-order valence-electron chi connectivity index (χ4n) is 0.817. The Morgan fingerprint density at radius 2 is 2.20 bits per heavy atom. The van der Waals surface area contributed by atoms with Crippen molar-refractivity contribution in [3.05, 3.63) is 17.8 Å². The van der Waals surface area contributed by atoms with Crippen molar-refractivity contribution in [1.82, 2.24) is 10.2 Å². The minimum atomic E-state index is -0.539. The molecule has 1 N–H and O–H groups in total. The number of methoxy groups -OCH3 is 1. The standard InChI is InChI=1S/C8H11N3O2.C2H6/c1-3-6-4-7(11-9-5-6)10-8(12)13-2;1-2/h4-5H,3H2,1-2H3,(H,10,11,12);1-2H3. The minimum absolute atomic E-state index is 0.409. The van der Waals surface area contributed by atoms with Crippen LogP contribution in [0, 0.1) is 0 Å². The summed E-state index contributed by atoms with van der Waals surface area (Å²) < 4.78 is 4.41. The quantitative estimate of drug-likeness (QED) is 0.814. The molecule has 0 saturated carbocycles. The Morgan fingerprint density at radius 3 is 2.73 bits per heavy atom. The lowest BCUT2D eigenvalue weighted by Crippen LogP contribution is -2.12. The van der Waals surface area contributed by atoms with Gasteiger partial charge in [0.2, 0.25) is 0 Å². The molecule has 0 unspecified atom stereocenters. The van der Waals surface area contributed by atoms with Gasteiger partial charge in [-0.3, -0.25) is 5.32 Å². The number of anilines is 1. The van der Waals surface area contributed by atoms with Gasteiger partial charge in [-0.1, -0.05) is 20.8 Å². The Bertz CT molecular complexity index is 302. The van der Waals surface area contributed by atoms with Crippen LogP contribution in [0.15, 0.2) is 12.3 Å². The molecule has 0 aliphatic carbocycles. The van der Waals surface area contributed by atoms with Crippen molar-refractivity contribution >= 4 is 11.9 Å². The smallest absolute Gasteiger partial charge is 0.412 e. The van der Waals surface area contributed by atoms with Gasteiger partial charge in [-0.25, -0.2) is 4.79 Å². The molecule has 5 nitrogen and oxygen atoms in total. The maximum Gasteiger partial charge on any atom is 0.412 e. The van der Waals surface area contributed by atoms with Gasteiger partial charge in [0.15, 0.2) is 5.82 Å². The number of hydrogen-bond donors (Lipinski definition) is 1. The Balaban J connectivity index is 0.000000921. The number of carbonyl (C=O) groups excluding carboxylic acids is 1. The topological polar surface area (TPSA) is 64.1 Å². The second-order valence-electron chi connectivity index (χ2n) is 2.42. The van der Waals surface area contributed by atoms with Crippen LogP contribution < -0.4 is 5.32 Å². The molecular formula is C10H17N3O2. The lowest BCUT2D eigenvalue weighted by Gasteiger charge is -2.02. The van der Waals surface area contributed by atoms with Crippen LogP contribution in [-0.4, -0.2) is 23.4 Å². The van der Waals surface area contributed by atoms with Crippen LogP contribution in [0.2, 0.25) is 0 Å². The van der Waals surface area contributed by atoms with E-state index in [1.165, 1.54) is 7.11 Å². The van der Waals surface area contributed by atoms with E-state index >= 15 is 0 Å². The summed E-state index contributed by atoms with van der Waals surface area (Å²) >= 11 is 0. The third kappa shape index (κ3) is 4.95. The third-order valence-corrected chi connectivity index (χ3v) is 1.53. The maximum absolute atomic E-state index is 10.8. The lowest BCUT2D eigenvalue weighted by atomic mass is 10.2. The zero-order chi connectivity index (χ0) is 11.7. The Labute approximate surface area is 89.9 Å². The molecule has 15 heavy (non-hydrogen) atoms. The molecule has 5 heteroatoms. The first-order valence-electron chi connectivity index (χ1n) is 4.92. The Kier molecular flexibility index (Phi) is 6.88. The van der Waals surface area contributed by atoms with E-state index in [0.29, 0.717) is 5.82 Å². The number of carbonyl (C=O) groups is 1. The van der Waals surface area contributed by atoms with Gasteiger partial charge in [0.05, 0.1) is 13.3 Å². The van der Waals surface area contributed by atoms with Crippen molar-refractivity contribution in [2.24, 2.45) is 0 Å². The summed E-state index contributed by atoms with van der Waals surface area (Å²) in [5.41, 5.74) is 1.02. The van der Waals surface area contributed by atoms with Gasteiger partial charge in [0, 0.05) is 0 Å². The molecule has 1 heterocycles. The van der Waals surface area contributed by atoms with E-state index in [0.717, 1.165) is 12.0 Å². The van der Waals surface area contributed by atoms with E-state index in [4.69, 9.17) is 0 Å². The number of nitrogens with zero attached hydrogens (tertiary/aromatic N) is 2. The molecule has 84 valence electrons. The molecule has 1 rings (SSSR count). The maximum atomic E-state index is 10.8. The van der Waals surface area contributed by atoms with Gasteiger partial charge in [-0.2, -0.15) is 5.10 Å². The highest BCUT2D eigenvalue weighted by Crippen LogP contribution is 2.05. The van der Waals surface area contributed by atoms with E-state index in [2.05, 4.69) is 20.3 Å². The Morgan fingerprint density at radius 1 is 1.53 bits per heavy atom.